The molecule has 5 nitrogen and oxygen atoms in total. The molecule has 19 heavy (non-hydrogen) atoms. The number of halogens is 4. The zero-order valence-corrected chi connectivity index (χ0v) is 10.5. The topological polar surface area (TPSA) is 72.9 Å². The van der Waals surface area contributed by atoms with E-state index < -0.39 is 18.3 Å². The van der Waals surface area contributed by atoms with E-state index >= 15 is 0 Å². The van der Waals surface area contributed by atoms with Crippen LogP contribution in [0.15, 0.2) is 11.0 Å². The van der Waals surface area contributed by atoms with Gasteiger partial charge in [0.25, 0.3) is 5.56 Å². The normalized spacial score (nSPS) is 23.0. The zero-order valence-electron chi connectivity index (χ0n) is 9.75. The summed E-state index contributed by atoms with van der Waals surface area (Å²) in [5.74, 6) is 0. The third-order valence-corrected chi connectivity index (χ3v) is 3.21. The highest BCUT2D eigenvalue weighted by atomic mass is 35.5. The minimum Gasteiger partial charge on any atom is -0.380 e. The summed E-state index contributed by atoms with van der Waals surface area (Å²) in [5, 5.41) is 6.11. The molecular formula is C10H12ClF3N4O. The summed E-state index contributed by atoms with van der Waals surface area (Å²) in [6.07, 6.45) is -1.95. The number of nitrogens with two attached hydrogens (primary N) is 1. The minimum absolute atomic E-state index is 0.0761. The van der Waals surface area contributed by atoms with Gasteiger partial charge in [0.2, 0.25) is 0 Å². The Morgan fingerprint density at radius 2 is 2.16 bits per heavy atom. The van der Waals surface area contributed by atoms with Crippen molar-refractivity contribution in [3.05, 3.63) is 21.6 Å². The van der Waals surface area contributed by atoms with Crippen LogP contribution in [0.4, 0.5) is 18.9 Å². The van der Waals surface area contributed by atoms with E-state index in [-0.39, 0.29) is 22.8 Å². The van der Waals surface area contributed by atoms with Crippen molar-refractivity contribution in [1.82, 2.24) is 9.78 Å². The molecule has 1 aliphatic rings. The first kappa shape index (κ1) is 14.1. The smallest absolute Gasteiger partial charge is 0.380 e. The predicted octanol–water partition coefficient (Wildman–Crippen LogP) is 1.36. The van der Waals surface area contributed by atoms with Gasteiger partial charge in [-0.2, -0.15) is 18.3 Å². The van der Waals surface area contributed by atoms with Crippen molar-refractivity contribution in [3.63, 3.8) is 0 Å². The predicted molar refractivity (Wildman–Crippen MR) is 64.2 cm³/mol. The molecular weight excluding hydrogens is 285 g/mol. The summed E-state index contributed by atoms with van der Waals surface area (Å²) >= 11 is 5.75. The lowest BCUT2D eigenvalue weighted by molar-refractivity contribution is -0.143. The second-order valence-electron chi connectivity index (χ2n) is 4.52. The number of hydrogen-bond donors (Lipinski definition) is 2. The van der Waals surface area contributed by atoms with Crippen LogP contribution >= 0.6 is 11.6 Å². The van der Waals surface area contributed by atoms with Gasteiger partial charge in [0, 0.05) is 12.1 Å². The highest BCUT2D eigenvalue weighted by molar-refractivity contribution is 6.32. The van der Waals surface area contributed by atoms with E-state index in [1.807, 2.05) is 0 Å². The molecule has 0 atom stereocenters. The number of nitrogens with zero attached hydrogens (tertiary/aromatic N) is 2. The molecule has 0 saturated heterocycles. The van der Waals surface area contributed by atoms with Crippen molar-refractivity contribution >= 4 is 17.3 Å². The first-order chi connectivity index (χ1) is 8.76. The van der Waals surface area contributed by atoms with Gasteiger partial charge in [-0.25, -0.2) is 4.68 Å². The van der Waals surface area contributed by atoms with Gasteiger partial charge in [0.05, 0.1) is 11.9 Å². The maximum absolute atomic E-state index is 12.2. The molecule has 1 saturated carbocycles. The van der Waals surface area contributed by atoms with E-state index in [1.165, 1.54) is 0 Å². The summed E-state index contributed by atoms with van der Waals surface area (Å²) in [7, 11) is 0. The Bertz CT molecular complexity index is 524. The quantitative estimate of drug-likeness (QED) is 0.883. The van der Waals surface area contributed by atoms with E-state index in [0.717, 1.165) is 19.0 Å². The molecule has 0 aliphatic heterocycles. The highest BCUT2D eigenvalue weighted by Gasteiger charge is 2.30. The molecule has 0 aromatic carbocycles. The van der Waals surface area contributed by atoms with E-state index in [9.17, 15) is 18.0 Å². The van der Waals surface area contributed by atoms with Gasteiger partial charge in [-0.05, 0) is 12.8 Å². The van der Waals surface area contributed by atoms with Crippen molar-refractivity contribution in [2.75, 3.05) is 5.32 Å². The third-order valence-electron chi connectivity index (χ3n) is 2.85. The Kier molecular flexibility index (Phi) is 3.73. The molecule has 0 bridgehead atoms. The first-order valence-corrected chi connectivity index (χ1v) is 5.98. The summed E-state index contributed by atoms with van der Waals surface area (Å²) in [5.41, 5.74) is 4.88. The zero-order chi connectivity index (χ0) is 14.2. The summed E-state index contributed by atoms with van der Waals surface area (Å²) in [4.78, 5) is 11.6. The monoisotopic (exact) mass is 296 g/mol. The largest absolute Gasteiger partial charge is 0.408 e. The molecule has 3 N–H and O–H groups in total. The molecule has 2 rings (SSSR count). The van der Waals surface area contributed by atoms with Gasteiger partial charge >= 0.3 is 6.18 Å². The minimum atomic E-state index is -4.52. The molecule has 1 aromatic rings. The van der Waals surface area contributed by atoms with Crippen LogP contribution in [0.2, 0.25) is 5.02 Å². The van der Waals surface area contributed by atoms with Crippen LogP contribution in [0.5, 0.6) is 0 Å². The number of rotatable bonds is 3. The molecule has 9 heteroatoms. The SMILES string of the molecule is NC1CC(Nc2cnn(CC(F)(F)F)c(=O)c2Cl)C1. The van der Waals surface area contributed by atoms with Gasteiger partial charge in [-0.3, -0.25) is 4.79 Å². The second kappa shape index (κ2) is 5.01. The Balaban J connectivity index is 2.15. The Morgan fingerprint density at radius 3 is 2.68 bits per heavy atom. The van der Waals surface area contributed by atoms with Gasteiger partial charge in [0.1, 0.15) is 11.6 Å². The first-order valence-electron chi connectivity index (χ1n) is 5.61. The second-order valence-corrected chi connectivity index (χ2v) is 4.90. The maximum Gasteiger partial charge on any atom is 0.408 e. The Hall–Kier alpha value is -1.28. The highest BCUT2D eigenvalue weighted by Crippen LogP contribution is 2.25. The molecule has 0 amide bonds. The summed E-state index contributed by atoms with van der Waals surface area (Å²) < 4.78 is 36.9. The Morgan fingerprint density at radius 1 is 1.53 bits per heavy atom. The van der Waals surface area contributed by atoms with E-state index in [0.29, 0.717) is 4.68 Å². The number of alkyl halides is 3. The lowest BCUT2D eigenvalue weighted by Crippen LogP contribution is -2.44. The van der Waals surface area contributed by atoms with Crippen molar-refractivity contribution in [2.45, 2.75) is 37.6 Å². The lowest BCUT2D eigenvalue weighted by Gasteiger charge is -2.33. The van der Waals surface area contributed by atoms with Crippen molar-refractivity contribution in [1.29, 1.82) is 0 Å². The van der Waals surface area contributed by atoms with Crippen LogP contribution in [-0.4, -0.2) is 28.0 Å². The fourth-order valence-corrected chi connectivity index (χ4v) is 2.05. The summed E-state index contributed by atoms with van der Waals surface area (Å²) in [6, 6.07) is 0.182. The third kappa shape index (κ3) is 3.38. The molecule has 106 valence electrons. The van der Waals surface area contributed by atoms with Crippen LogP contribution in [0, 0.1) is 0 Å². The molecule has 1 aromatic heterocycles. The van der Waals surface area contributed by atoms with E-state index in [2.05, 4.69) is 10.4 Å². The van der Waals surface area contributed by atoms with Crippen molar-refractivity contribution in [3.8, 4) is 0 Å². The number of hydrogen-bond acceptors (Lipinski definition) is 4. The average molecular weight is 297 g/mol. The van der Waals surface area contributed by atoms with Crippen LogP contribution in [0.25, 0.3) is 0 Å². The van der Waals surface area contributed by atoms with Crippen LogP contribution in [-0.2, 0) is 6.54 Å². The molecule has 0 spiro atoms. The Labute approximate surface area is 111 Å². The maximum atomic E-state index is 12.2. The van der Waals surface area contributed by atoms with Gasteiger partial charge in [0.15, 0.2) is 0 Å². The fraction of sp³-hybridized carbons (Fsp3) is 0.600. The van der Waals surface area contributed by atoms with Gasteiger partial charge in [-0.15, -0.1) is 0 Å². The molecule has 0 radical (unpaired) electrons. The number of anilines is 1. The van der Waals surface area contributed by atoms with Crippen LogP contribution in [0.1, 0.15) is 12.8 Å². The van der Waals surface area contributed by atoms with Gasteiger partial charge in [-0.1, -0.05) is 11.6 Å². The number of aromatic nitrogens is 2. The van der Waals surface area contributed by atoms with Crippen molar-refractivity contribution < 1.29 is 13.2 Å². The molecule has 0 unspecified atom stereocenters. The molecule has 1 aliphatic carbocycles. The lowest BCUT2D eigenvalue weighted by atomic mass is 9.87. The van der Waals surface area contributed by atoms with Crippen molar-refractivity contribution in [2.24, 2.45) is 5.73 Å². The van der Waals surface area contributed by atoms with Crippen LogP contribution in [0.3, 0.4) is 0 Å². The average Bonchev–Trinajstić information content (AvgIpc) is 2.24. The fourth-order valence-electron chi connectivity index (χ4n) is 1.85. The molecule has 1 heterocycles. The number of nitrogens with one attached hydrogen (secondary N) is 1. The van der Waals surface area contributed by atoms with Gasteiger partial charge < -0.3 is 11.1 Å². The van der Waals surface area contributed by atoms with Crippen LogP contribution < -0.4 is 16.6 Å². The van der Waals surface area contributed by atoms with E-state index in [4.69, 9.17) is 17.3 Å². The summed E-state index contributed by atoms with van der Waals surface area (Å²) in [6.45, 7) is -1.46. The van der Waals surface area contributed by atoms with E-state index in [1.54, 1.807) is 0 Å². The molecule has 1 fully saturated rings. The standard InChI is InChI=1S/C10H12ClF3N4O/c11-8-7(17-6-1-5(15)2-6)3-16-18(9(8)19)4-10(12,13)14/h3,5-6,17H,1-2,4,15H2.